The molecule has 27 heavy (non-hydrogen) atoms. The van der Waals surface area contributed by atoms with Gasteiger partial charge in [0.2, 0.25) is 15.9 Å². The van der Waals surface area contributed by atoms with Crippen LogP contribution in [0.3, 0.4) is 0 Å². The summed E-state index contributed by atoms with van der Waals surface area (Å²) in [5.41, 5.74) is 1.68. The van der Waals surface area contributed by atoms with E-state index in [9.17, 15) is 13.2 Å². The van der Waals surface area contributed by atoms with Crippen LogP contribution in [0.4, 0.5) is 5.69 Å². The van der Waals surface area contributed by atoms with Gasteiger partial charge in [0.25, 0.3) is 0 Å². The minimum Gasteiger partial charge on any atom is -0.312 e. The zero-order valence-corrected chi connectivity index (χ0v) is 16.4. The van der Waals surface area contributed by atoms with Crippen LogP contribution in [0.15, 0.2) is 60.7 Å². The fourth-order valence-corrected chi connectivity index (χ4v) is 5.11. The van der Waals surface area contributed by atoms with Gasteiger partial charge in [-0.2, -0.15) is 0 Å². The number of hydrogen-bond donors (Lipinski definition) is 0. The molecule has 3 rings (SSSR count). The fraction of sp³-hybridized carbons (Fsp3) is 0.381. The van der Waals surface area contributed by atoms with Crippen molar-refractivity contribution in [1.29, 1.82) is 0 Å². The number of nitrogens with zero attached hydrogens (tertiary/aromatic N) is 2. The molecule has 1 aliphatic heterocycles. The Morgan fingerprint density at radius 3 is 2.11 bits per heavy atom. The van der Waals surface area contributed by atoms with Gasteiger partial charge >= 0.3 is 0 Å². The molecule has 0 bridgehead atoms. The third kappa shape index (κ3) is 4.76. The van der Waals surface area contributed by atoms with Gasteiger partial charge in [-0.25, -0.2) is 12.7 Å². The van der Waals surface area contributed by atoms with E-state index in [2.05, 4.69) is 0 Å². The zero-order chi connectivity index (χ0) is 19.3. The van der Waals surface area contributed by atoms with Crippen LogP contribution in [0.5, 0.6) is 0 Å². The van der Waals surface area contributed by atoms with E-state index in [1.54, 1.807) is 4.90 Å². The molecule has 1 amide bonds. The van der Waals surface area contributed by atoms with Crippen molar-refractivity contribution in [3.63, 3.8) is 0 Å². The topological polar surface area (TPSA) is 57.7 Å². The molecule has 1 aliphatic rings. The first kappa shape index (κ1) is 19.6. The summed E-state index contributed by atoms with van der Waals surface area (Å²) in [6.07, 6.45) is 1.13. The number of anilines is 1. The van der Waals surface area contributed by atoms with Crippen LogP contribution < -0.4 is 4.90 Å². The van der Waals surface area contributed by atoms with Crippen LogP contribution in [0.25, 0.3) is 0 Å². The van der Waals surface area contributed by atoms with Crippen LogP contribution >= 0.6 is 0 Å². The smallest absolute Gasteiger partial charge is 0.230 e. The number of hydrogen-bond acceptors (Lipinski definition) is 3. The molecule has 0 N–H and O–H groups in total. The number of benzene rings is 2. The van der Waals surface area contributed by atoms with E-state index in [0.717, 1.165) is 11.3 Å². The predicted molar refractivity (Wildman–Crippen MR) is 108 cm³/mol. The van der Waals surface area contributed by atoms with E-state index in [1.807, 2.05) is 67.6 Å². The molecule has 6 heteroatoms. The lowest BCUT2D eigenvalue weighted by atomic mass is 9.96. The van der Waals surface area contributed by atoms with Crippen molar-refractivity contribution < 1.29 is 13.2 Å². The molecule has 144 valence electrons. The monoisotopic (exact) mass is 386 g/mol. The largest absolute Gasteiger partial charge is 0.312 e. The van der Waals surface area contributed by atoms with Gasteiger partial charge in [-0.05, 0) is 37.5 Å². The summed E-state index contributed by atoms with van der Waals surface area (Å²) in [6.45, 7) is 3.37. The first-order valence-corrected chi connectivity index (χ1v) is 11.0. The highest BCUT2D eigenvalue weighted by Crippen LogP contribution is 2.25. The second-order valence-electron chi connectivity index (χ2n) is 6.83. The van der Waals surface area contributed by atoms with Gasteiger partial charge in [-0.3, -0.25) is 4.79 Å². The van der Waals surface area contributed by atoms with Gasteiger partial charge in [0.15, 0.2) is 0 Å². The third-order valence-electron chi connectivity index (χ3n) is 5.04. The molecule has 0 unspecified atom stereocenters. The lowest BCUT2D eigenvalue weighted by Crippen LogP contribution is -2.44. The minimum absolute atomic E-state index is 0.0115. The second-order valence-corrected chi connectivity index (χ2v) is 8.80. The number of sulfonamides is 1. The number of piperidine rings is 1. The van der Waals surface area contributed by atoms with Gasteiger partial charge in [0.05, 0.1) is 5.75 Å². The van der Waals surface area contributed by atoms with E-state index in [-0.39, 0.29) is 17.6 Å². The van der Waals surface area contributed by atoms with Crippen LogP contribution in [0, 0.1) is 5.92 Å². The van der Waals surface area contributed by atoms with Gasteiger partial charge in [-0.15, -0.1) is 0 Å². The average molecular weight is 387 g/mol. The molecule has 0 aliphatic carbocycles. The summed E-state index contributed by atoms with van der Waals surface area (Å²) >= 11 is 0. The Balaban J connectivity index is 1.62. The number of carbonyl (C=O) groups is 1. The molecule has 0 radical (unpaired) electrons. The van der Waals surface area contributed by atoms with Crippen LogP contribution in [0.2, 0.25) is 0 Å². The standard InChI is InChI=1S/C21H26N2O3S/c1-2-23(20-11-7-4-8-12-20)21(24)19-13-15-22(16-14-19)27(25,26)17-18-9-5-3-6-10-18/h3-12,19H,2,13-17H2,1H3. The Labute approximate surface area is 161 Å². The summed E-state index contributed by atoms with van der Waals surface area (Å²) < 4.78 is 26.9. The summed E-state index contributed by atoms with van der Waals surface area (Å²) in [6, 6.07) is 18.9. The Bertz CT molecular complexity index is 846. The van der Waals surface area contributed by atoms with Crippen molar-refractivity contribution in [2.45, 2.75) is 25.5 Å². The van der Waals surface area contributed by atoms with Crippen molar-refractivity contribution >= 4 is 21.6 Å². The Kier molecular flexibility index (Phi) is 6.29. The summed E-state index contributed by atoms with van der Waals surface area (Å²) in [4.78, 5) is 14.7. The highest BCUT2D eigenvalue weighted by molar-refractivity contribution is 7.88. The molecule has 2 aromatic rings. The van der Waals surface area contributed by atoms with E-state index < -0.39 is 10.0 Å². The lowest BCUT2D eigenvalue weighted by molar-refractivity contribution is -0.123. The van der Waals surface area contributed by atoms with Crippen molar-refractivity contribution in [2.75, 3.05) is 24.5 Å². The summed E-state index contributed by atoms with van der Waals surface area (Å²) in [5.74, 6) is -0.0329. The molecule has 2 aromatic carbocycles. The maximum absolute atomic E-state index is 12.9. The Morgan fingerprint density at radius 1 is 1.00 bits per heavy atom. The lowest BCUT2D eigenvalue weighted by Gasteiger charge is -2.33. The molecule has 1 saturated heterocycles. The number of rotatable bonds is 6. The van der Waals surface area contributed by atoms with Crippen molar-refractivity contribution in [2.24, 2.45) is 5.92 Å². The first-order valence-electron chi connectivity index (χ1n) is 9.39. The van der Waals surface area contributed by atoms with Crippen molar-refractivity contribution in [1.82, 2.24) is 4.31 Å². The third-order valence-corrected chi connectivity index (χ3v) is 6.89. The number of para-hydroxylation sites is 1. The van der Waals surface area contributed by atoms with Gasteiger partial charge in [0.1, 0.15) is 0 Å². The highest BCUT2D eigenvalue weighted by Gasteiger charge is 2.33. The fourth-order valence-electron chi connectivity index (χ4n) is 3.55. The van der Waals surface area contributed by atoms with Crippen molar-refractivity contribution in [3.05, 3.63) is 66.2 Å². The second kappa shape index (κ2) is 8.67. The molecule has 1 fully saturated rings. The normalized spacial score (nSPS) is 16.2. The highest BCUT2D eigenvalue weighted by atomic mass is 32.2. The molecule has 5 nitrogen and oxygen atoms in total. The quantitative estimate of drug-likeness (QED) is 0.765. The summed E-state index contributed by atoms with van der Waals surface area (Å²) in [7, 11) is -3.36. The van der Waals surface area contributed by atoms with E-state index in [1.165, 1.54) is 4.31 Å². The molecule has 0 spiro atoms. The first-order chi connectivity index (χ1) is 13.0. The van der Waals surface area contributed by atoms with Gasteiger partial charge in [0, 0.05) is 31.2 Å². The van der Waals surface area contributed by atoms with Gasteiger partial charge in [-0.1, -0.05) is 48.5 Å². The van der Waals surface area contributed by atoms with E-state index >= 15 is 0 Å². The number of amides is 1. The molecular formula is C21H26N2O3S. The van der Waals surface area contributed by atoms with Crippen LogP contribution in [0.1, 0.15) is 25.3 Å². The number of carbonyl (C=O) groups excluding carboxylic acids is 1. The van der Waals surface area contributed by atoms with E-state index in [0.29, 0.717) is 32.5 Å². The minimum atomic E-state index is -3.36. The Hall–Kier alpha value is -2.18. The maximum Gasteiger partial charge on any atom is 0.230 e. The molecule has 1 heterocycles. The summed E-state index contributed by atoms with van der Waals surface area (Å²) in [5, 5.41) is 0. The van der Waals surface area contributed by atoms with Crippen LogP contribution in [-0.4, -0.2) is 38.3 Å². The van der Waals surface area contributed by atoms with Crippen molar-refractivity contribution in [3.8, 4) is 0 Å². The predicted octanol–water partition coefficient (Wildman–Crippen LogP) is 3.28. The molecule has 0 atom stereocenters. The Morgan fingerprint density at radius 2 is 1.56 bits per heavy atom. The average Bonchev–Trinajstić information content (AvgIpc) is 2.70. The SMILES string of the molecule is CCN(C(=O)C1CCN(S(=O)(=O)Cc2ccccc2)CC1)c1ccccc1. The van der Waals surface area contributed by atoms with Gasteiger partial charge < -0.3 is 4.90 Å². The molecule has 0 aromatic heterocycles. The van der Waals surface area contributed by atoms with Crippen LogP contribution in [-0.2, 0) is 20.6 Å². The molecule has 0 saturated carbocycles. The zero-order valence-electron chi connectivity index (χ0n) is 15.6. The molecular weight excluding hydrogens is 360 g/mol. The maximum atomic E-state index is 12.9. The van der Waals surface area contributed by atoms with E-state index in [4.69, 9.17) is 0 Å².